The number of rotatable bonds is 7. The molecule has 1 aliphatic heterocycles. The van der Waals surface area contributed by atoms with Gasteiger partial charge in [-0.3, -0.25) is 14.3 Å². The fourth-order valence-electron chi connectivity index (χ4n) is 3.07. The summed E-state index contributed by atoms with van der Waals surface area (Å²) in [7, 11) is 0. The van der Waals surface area contributed by atoms with Crippen molar-refractivity contribution in [3.63, 3.8) is 0 Å². The summed E-state index contributed by atoms with van der Waals surface area (Å²) in [6.45, 7) is 1.76. The van der Waals surface area contributed by atoms with Gasteiger partial charge < -0.3 is 21.1 Å². The highest BCUT2D eigenvalue weighted by Crippen LogP contribution is 2.29. The highest BCUT2D eigenvalue weighted by atomic mass is 16.5. The number of ether oxygens (including phenoxy) is 1. The Morgan fingerprint density at radius 2 is 2.00 bits per heavy atom. The van der Waals surface area contributed by atoms with E-state index in [0.717, 1.165) is 13.1 Å². The fourth-order valence-corrected chi connectivity index (χ4v) is 3.07. The Kier molecular flexibility index (Phi) is 5.52. The zero-order valence-corrected chi connectivity index (χ0v) is 14.5. The van der Waals surface area contributed by atoms with Crippen molar-refractivity contribution in [3.05, 3.63) is 42.7 Å². The number of nitrogens with two attached hydrogens (primary N) is 1. The molecule has 1 aromatic carbocycles. The number of primary amides is 1. The molecule has 0 spiro atoms. The molecule has 2 amide bonds. The summed E-state index contributed by atoms with van der Waals surface area (Å²) in [5.74, 6) is 0.137. The van der Waals surface area contributed by atoms with Crippen molar-refractivity contribution in [2.45, 2.75) is 24.8 Å². The van der Waals surface area contributed by atoms with E-state index in [4.69, 9.17) is 10.5 Å². The molecule has 138 valence electrons. The van der Waals surface area contributed by atoms with Crippen LogP contribution in [0.5, 0.6) is 5.75 Å². The molecule has 0 radical (unpaired) electrons. The molecule has 0 saturated carbocycles. The maximum atomic E-state index is 13.0. The largest absolute Gasteiger partial charge is 0.493 e. The second kappa shape index (κ2) is 8.01. The van der Waals surface area contributed by atoms with Crippen LogP contribution in [0.15, 0.2) is 42.7 Å². The average molecular weight is 357 g/mol. The van der Waals surface area contributed by atoms with E-state index in [-0.39, 0.29) is 18.9 Å². The molecular weight excluding hydrogens is 334 g/mol. The van der Waals surface area contributed by atoms with E-state index in [1.807, 2.05) is 12.3 Å². The van der Waals surface area contributed by atoms with Crippen LogP contribution in [-0.2, 0) is 15.1 Å². The van der Waals surface area contributed by atoms with Crippen molar-refractivity contribution < 1.29 is 14.3 Å². The van der Waals surface area contributed by atoms with Crippen molar-refractivity contribution in [3.8, 4) is 5.75 Å². The summed E-state index contributed by atoms with van der Waals surface area (Å²) < 4.78 is 7.19. The van der Waals surface area contributed by atoms with Gasteiger partial charge in [-0.05, 0) is 56.3 Å². The number of amides is 2. The lowest BCUT2D eigenvalue weighted by atomic mass is 9.87. The SMILES string of the molecule is NC(=O)CCOc1ccc(NC(=O)C2(n3cccn3)CCNCC2)cc1. The Bertz CT molecular complexity index is 737. The van der Waals surface area contributed by atoms with Gasteiger partial charge in [0.2, 0.25) is 5.91 Å². The van der Waals surface area contributed by atoms with E-state index < -0.39 is 11.4 Å². The summed E-state index contributed by atoms with van der Waals surface area (Å²) in [5.41, 5.74) is 5.07. The first-order valence-corrected chi connectivity index (χ1v) is 8.64. The lowest BCUT2D eigenvalue weighted by molar-refractivity contribution is -0.126. The van der Waals surface area contributed by atoms with Crippen molar-refractivity contribution in [2.24, 2.45) is 5.73 Å². The third-order valence-corrected chi connectivity index (χ3v) is 4.53. The van der Waals surface area contributed by atoms with E-state index in [1.54, 1.807) is 35.1 Å². The number of hydrogen-bond acceptors (Lipinski definition) is 5. The first kappa shape index (κ1) is 17.9. The maximum Gasteiger partial charge on any atom is 0.252 e. The van der Waals surface area contributed by atoms with Gasteiger partial charge >= 0.3 is 0 Å². The van der Waals surface area contributed by atoms with E-state index in [1.165, 1.54) is 0 Å². The quantitative estimate of drug-likeness (QED) is 0.680. The van der Waals surface area contributed by atoms with E-state index in [0.29, 0.717) is 24.3 Å². The Balaban J connectivity index is 1.67. The Morgan fingerprint density at radius 1 is 1.27 bits per heavy atom. The van der Waals surface area contributed by atoms with Gasteiger partial charge in [0.25, 0.3) is 5.91 Å². The predicted molar refractivity (Wildman–Crippen MR) is 96.7 cm³/mol. The van der Waals surface area contributed by atoms with Gasteiger partial charge in [-0.2, -0.15) is 5.10 Å². The molecule has 8 heteroatoms. The van der Waals surface area contributed by atoms with Crippen molar-refractivity contribution >= 4 is 17.5 Å². The van der Waals surface area contributed by atoms with Crippen LogP contribution in [0.3, 0.4) is 0 Å². The average Bonchev–Trinajstić information content (AvgIpc) is 3.18. The molecule has 2 aromatic rings. The minimum absolute atomic E-state index is 0.0786. The molecule has 0 atom stereocenters. The molecular formula is C18H23N5O3. The van der Waals surface area contributed by atoms with Crippen molar-refractivity contribution in [2.75, 3.05) is 25.0 Å². The fraction of sp³-hybridized carbons (Fsp3) is 0.389. The number of nitrogens with zero attached hydrogens (tertiary/aromatic N) is 2. The van der Waals surface area contributed by atoms with Gasteiger partial charge in [-0.15, -0.1) is 0 Å². The van der Waals surface area contributed by atoms with E-state index in [9.17, 15) is 9.59 Å². The van der Waals surface area contributed by atoms with Crippen molar-refractivity contribution in [1.29, 1.82) is 0 Å². The third kappa shape index (κ3) is 4.02. The monoisotopic (exact) mass is 357 g/mol. The standard InChI is InChI=1S/C18H23N5O3/c19-16(24)6-13-26-15-4-2-14(3-5-15)22-17(25)18(7-10-20-11-8-18)23-12-1-9-21-23/h1-5,9,12,20H,6-8,10-11,13H2,(H2,19,24)(H,22,25). The van der Waals surface area contributed by atoms with Gasteiger partial charge in [-0.1, -0.05) is 0 Å². The van der Waals surface area contributed by atoms with Gasteiger partial charge in [0.05, 0.1) is 13.0 Å². The van der Waals surface area contributed by atoms with Crippen LogP contribution in [0.4, 0.5) is 5.69 Å². The second-order valence-corrected chi connectivity index (χ2v) is 6.28. The van der Waals surface area contributed by atoms with Gasteiger partial charge in [0.15, 0.2) is 0 Å². The van der Waals surface area contributed by atoms with E-state index >= 15 is 0 Å². The number of benzene rings is 1. The second-order valence-electron chi connectivity index (χ2n) is 6.28. The van der Waals surface area contributed by atoms with Gasteiger partial charge in [0.1, 0.15) is 11.3 Å². The van der Waals surface area contributed by atoms with Crippen LogP contribution >= 0.6 is 0 Å². The highest BCUT2D eigenvalue weighted by Gasteiger charge is 2.42. The van der Waals surface area contributed by atoms with Crippen LogP contribution in [0.1, 0.15) is 19.3 Å². The molecule has 4 N–H and O–H groups in total. The molecule has 2 heterocycles. The Hall–Kier alpha value is -2.87. The third-order valence-electron chi connectivity index (χ3n) is 4.53. The molecule has 1 aliphatic rings. The molecule has 1 saturated heterocycles. The number of anilines is 1. The predicted octanol–water partition coefficient (Wildman–Crippen LogP) is 0.855. The molecule has 3 rings (SSSR count). The van der Waals surface area contributed by atoms with Gasteiger partial charge in [0, 0.05) is 18.1 Å². The number of aromatic nitrogens is 2. The molecule has 26 heavy (non-hydrogen) atoms. The van der Waals surface area contributed by atoms with Crippen LogP contribution < -0.4 is 21.1 Å². The van der Waals surface area contributed by atoms with Crippen LogP contribution in [0.2, 0.25) is 0 Å². The summed E-state index contributed by atoms with van der Waals surface area (Å²) in [4.78, 5) is 23.8. The molecule has 1 aromatic heterocycles. The van der Waals surface area contributed by atoms with Crippen molar-refractivity contribution in [1.82, 2.24) is 15.1 Å². The summed E-state index contributed by atoms with van der Waals surface area (Å²) >= 11 is 0. The number of hydrogen-bond donors (Lipinski definition) is 3. The molecule has 1 fully saturated rings. The number of carbonyl (C=O) groups excluding carboxylic acids is 2. The van der Waals surface area contributed by atoms with E-state index in [2.05, 4.69) is 15.7 Å². The summed E-state index contributed by atoms with van der Waals surface area (Å²) in [6, 6.07) is 8.87. The lowest BCUT2D eigenvalue weighted by Crippen LogP contribution is -2.52. The minimum Gasteiger partial charge on any atom is -0.493 e. The molecule has 0 unspecified atom stereocenters. The first-order valence-electron chi connectivity index (χ1n) is 8.64. The zero-order chi connectivity index (χ0) is 18.4. The van der Waals surface area contributed by atoms with Crippen LogP contribution in [0, 0.1) is 0 Å². The Morgan fingerprint density at radius 3 is 2.62 bits per heavy atom. The smallest absolute Gasteiger partial charge is 0.252 e. The van der Waals surface area contributed by atoms with Gasteiger partial charge in [-0.25, -0.2) is 0 Å². The maximum absolute atomic E-state index is 13.0. The van der Waals surface area contributed by atoms with Crippen LogP contribution in [-0.4, -0.2) is 41.3 Å². The zero-order valence-electron chi connectivity index (χ0n) is 14.5. The topological polar surface area (TPSA) is 111 Å². The minimum atomic E-state index is -0.689. The molecule has 0 aliphatic carbocycles. The first-order chi connectivity index (χ1) is 12.6. The number of carbonyl (C=O) groups is 2. The summed E-state index contributed by atoms with van der Waals surface area (Å²) in [5, 5.41) is 10.6. The number of nitrogens with one attached hydrogen (secondary N) is 2. The Labute approximate surface area is 151 Å². The molecule has 8 nitrogen and oxygen atoms in total. The summed E-state index contributed by atoms with van der Waals surface area (Å²) in [6.07, 6.45) is 5.04. The highest BCUT2D eigenvalue weighted by molar-refractivity contribution is 5.96. The lowest BCUT2D eigenvalue weighted by Gasteiger charge is -2.36. The number of piperidine rings is 1. The normalized spacial score (nSPS) is 16.0. The molecule has 0 bridgehead atoms. The van der Waals surface area contributed by atoms with Crippen LogP contribution in [0.25, 0.3) is 0 Å².